The SMILES string of the molecule is COC(=C/N(C)C(C)Cc1ccccc1Cl)/C(=C\C=O)c1cc(Cl)ccc1C(C)=O. The van der Waals surface area contributed by atoms with E-state index in [9.17, 15) is 9.59 Å². The Morgan fingerprint density at radius 1 is 1.17 bits per heavy atom. The second-order valence-electron chi connectivity index (χ2n) is 6.97. The summed E-state index contributed by atoms with van der Waals surface area (Å²) in [6, 6.07) is 12.8. The molecule has 0 radical (unpaired) electrons. The van der Waals surface area contributed by atoms with E-state index in [1.165, 1.54) is 20.1 Å². The number of Topliss-reactive ketones (excluding diaryl/α,β-unsaturated/α-hetero) is 1. The predicted molar refractivity (Wildman–Crippen MR) is 123 cm³/mol. The smallest absolute Gasteiger partial charge is 0.160 e. The van der Waals surface area contributed by atoms with Crippen LogP contribution in [-0.4, -0.2) is 37.2 Å². The number of carbonyl (C=O) groups is 2. The highest BCUT2D eigenvalue weighted by Crippen LogP contribution is 2.30. The highest BCUT2D eigenvalue weighted by Gasteiger charge is 2.18. The maximum absolute atomic E-state index is 12.1. The van der Waals surface area contributed by atoms with E-state index in [0.717, 1.165) is 17.0 Å². The number of aldehydes is 1. The van der Waals surface area contributed by atoms with Crippen molar-refractivity contribution >= 4 is 40.8 Å². The molecule has 0 bridgehead atoms. The first kappa shape index (κ1) is 23.7. The molecule has 6 heteroatoms. The van der Waals surface area contributed by atoms with Gasteiger partial charge in [-0.05, 0) is 61.7 Å². The van der Waals surface area contributed by atoms with Crippen LogP contribution in [0.4, 0.5) is 0 Å². The number of nitrogens with zero attached hydrogens (tertiary/aromatic N) is 1. The molecule has 1 unspecified atom stereocenters. The number of likely N-dealkylation sites (N-methyl/N-ethyl adjacent to an activating group) is 1. The normalized spacial score (nSPS) is 13.0. The summed E-state index contributed by atoms with van der Waals surface area (Å²) < 4.78 is 5.60. The van der Waals surface area contributed by atoms with Crippen molar-refractivity contribution in [2.45, 2.75) is 26.3 Å². The molecule has 0 saturated carbocycles. The zero-order chi connectivity index (χ0) is 22.3. The third kappa shape index (κ3) is 5.97. The molecule has 0 spiro atoms. The number of allylic oxidation sites excluding steroid dienone is 2. The van der Waals surface area contributed by atoms with Crippen molar-refractivity contribution in [2.24, 2.45) is 0 Å². The molecule has 0 aromatic heterocycles. The van der Waals surface area contributed by atoms with Gasteiger partial charge >= 0.3 is 0 Å². The summed E-state index contributed by atoms with van der Waals surface area (Å²) in [7, 11) is 3.44. The van der Waals surface area contributed by atoms with Crippen molar-refractivity contribution in [3.05, 3.63) is 87.2 Å². The summed E-state index contributed by atoms with van der Waals surface area (Å²) in [6.45, 7) is 3.54. The van der Waals surface area contributed by atoms with Gasteiger partial charge in [-0.15, -0.1) is 0 Å². The Morgan fingerprint density at radius 2 is 1.87 bits per heavy atom. The lowest BCUT2D eigenvalue weighted by Crippen LogP contribution is -2.27. The Labute approximate surface area is 187 Å². The van der Waals surface area contributed by atoms with Gasteiger partial charge in [-0.3, -0.25) is 9.59 Å². The third-order valence-electron chi connectivity index (χ3n) is 4.86. The van der Waals surface area contributed by atoms with Crippen molar-refractivity contribution < 1.29 is 14.3 Å². The summed E-state index contributed by atoms with van der Waals surface area (Å²) in [6.07, 6.45) is 4.58. The van der Waals surface area contributed by atoms with E-state index >= 15 is 0 Å². The van der Waals surface area contributed by atoms with Crippen LogP contribution in [0.15, 0.2) is 60.5 Å². The van der Waals surface area contributed by atoms with Gasteiger partial charge in [0.15, 0.2) is 5.78 Å². The van der Waals surface area contributed by atoms with Crippen LogP contribution in [0.25, 0.3) is 5.57 Å². The van der Waals surface area contributed by atoms with Crippen LogP contribution >= 0.6 is 23.2 Å². The van der Waals surface area contributed by atoms with Gasteiger partial charge in [-0.25, -0.2) is 0 Å². The fraction of sp³-hybridized carbons (Fsp3) is 0.250. The van der Waals surface area contributed by atoms with Crippen LogP contribution < -0.4 is 0 Å². The summed E-state index contributed by atoms with van der Waals surface area (Å²) in [5.74, 6) is 0.315. The van der Waals surface area contributed by atoms with Crippen LogP contribution in [0.3, 0.4) is 0 Å². The minimum absolute atomic E-state index is 0.0965. The summed E-state index contributed by atoms with van der Waals surface area (Å²) in [5, 5.41) is 1.18. The molecule has 0 aliphatic rings. The molecule has 2 aromatic carbocycles. The largest absolute Gasteiger partial charge is 0.495 e. The van der Waals surface area contributed by atoms with Crippen molar-refractivity contribution in [3.8, 4) is 0 Å². The first-order chi connectivity index (χ1) is 14.3. The van der Waals surface area contributed by atoms with E-state index in [2.05, 4.69) is 6.92 Å². The molecule has 0 heterocycles. The maximum Gasteiger partial charge on any atom is 0.160 e. The second kappa shape index (κ2) is 11.0. The number of hydrogen-bond acceptors (Lipinski definition) is 4. The summed E-state index contributed by atoms with van der Waals surface area (Å²) >= 11 is 12.5. The van der Waals surface area contributed by atoms with E-state index in [1.54, 1.807) is 18.2 Å². The monoisotopic (exact) mass is 445 g/mol. The molecule has 0 aliphatic heterocycles. The molecule has 0 aliphatic carbocycles. The minimum atomic E-state index is -0.130. The van der Waals surface area contributed by atoms with Crippen LogP contribution in [0.5, 0.6) is 0 Å². The van der Waals surface area contributed by atoms with Gasteiger partial charge in [0.25, 0.3) is 0 Å². The standard InChI is InChI=1S/C24H25Cl2NO3/c1-16(13-18-7-5-6-8-23(18)26)27(3)15-24(30-4)21(11-12-28)22-14-19(25)9-10-20(22)17(2)29/h5-12,14-16H,13H2,1-4H3/b21-11-,24-15+. The Kier molecular flexibility index (Phi) is 8.70. The molecule has 2 rings (SSSR count). The lowest BCUT2D eigenvalue weighted by atomic mass is 9.95. The molecule has 0 fully saturated rings. The van der Waals surface area contributed by atoms with Crippen LogP contribution in [0.1, 0.15) is 35.3 Å². The van der Waals surface area contributed by atoms with Crippen LogP contribution in [-0.2, 0) is 16.0 Å². The average Bonchev–Trinajstić information content (AvgIpc) is 2.71. The van der Waals surface area contributed by atoms with E-state index in [-0.39, 0.29) is 11.8 Å². The van der Waals surface area contributed by atoms with Crippen molar-refractivity contribution in [2.75, 3.05) is 14.2 Å². The van der Waals surface area contributed by atoms with E-state index < -0.39 is 0 Å². The summed E-state index contributed by atoms with van der Waals surface area (Å²) in [4.78, 5) is 25.5. The maximum atomic E-state index is 12.1. The first-order valence-corrected chi connectivity index (χ1v) is 10.2. The fourth-order valence-electron chi connectivity index (χ4n) is 3.09. The lowest BCUT2D eigenvalue weighted by molar-refractivity contribution is -0.104. The minimum Gasteiger partial charge on any atom is -0.495 e. The number of hydrogen-bond donors (Lipinski definition) is 0. The quantitative estimate of drug-likeness (QED) is 0.160. The number of methoxy groups -OCH3 is 1. The predicted octanol–water partition coefficient (Wildman–Crippen LogP) is 5.83. The van der Waals surface area contributed by atoms with E-state index in [4.69, 9.17) is 27.9 Å². The van der Waals surface area contributed by atoms with Crippen molar-refractivity contribution in [3.63, 3.8) is 0 Å². The third-order valence-corrected chi connectivity index (χ3v) is 5.46. The van der Waals surface area contributed by atoms with Gasteiger partial charge in [0.1, 0.15) is 12.0 Å². The molecule has 0 N–H and O–H groups in total. The lowest BCUT2D eigenvalue weighted by Gasteiger charge is -2.25. The number of rotatable bonds is 9. The van der Waals surface area contributed by atoms with Gasteiger partial charge in [0.05, 0.1) is 7.11 Å². The van der Waals surface area contributed by atoms with Crippen molar-refractivity contribution in [1.29, 1.82) is 0 Å². The van der Waals surface area contributed by atoms with Crippen molar-refractivity contribution in [1.82, 2.24) is 4.90 Å². The van der Waals surface area contributed by atoms with Gasteiger partial charge in [0, 0.05) is 40.5 Å². The van der Waals surface area contributed by atoms with Crippen LogP contribution in [0.2, 0.25) is 10.0 Å². The van der Waals surface area contributed by atoms with Gasteiger partial charge < -0.3 is 9.64 Å². The fourth-order valence-corrected chi connectivity index (χ4v) is 3.47. The Balaban J connectivity index is 2.41. The zero-order valence-electron chi connectivity index (χ0n) is 17.5. The average molecular weight is 446 g/mol. The number of halogens is 2. The molecule has 4 nitrogen and oxygen atoms in total. The zero-order valence-corrected chi connectivity index (χ0v) is 19.0. The molecule has 0 saturated heterocycles. The number of carbonyl (C=O) groups excluding carboxylic acids is 2. The van der Waals surface area contributed by atoms with Crippen LogP contribution in [0, 0.1) is 0 Å². The molecule has 30 heavy (non-hydrogen) atoms. The van der Waals surface area contributed by atoms with Gasteiger partial charge in [0.2, 0.25) is 0 Å². The van der Waals surface area contributed by atoms with Gasteiger partial charge in [-0.2, -0.15) is 0 Å². The molecule has 1 atom stereocenters. The highest BCUT2D eigenvalue weighted by molar-refractivity contribution is 6.31. The number of ketones is 1. The first-order valence-electron chi connectivity index (χ1n) is 9.46. The Bertz CT molecular complexity index is 982. The van der Waals surface area contributed by atoms with E-state index in [1.807, 2.05) is 42.4 Å². The Hall–Kier alpha value is -2.56. The summed E-state index contributed by atoms with van der Waals surface area (Å²) in [5.41, 5.74) is 2.53. The number of ether oxygens (including phenoxy) is 1. The molecular formula is C24H25Cl2NO3. The second-order valence-corrected chi connectivity index (χ2v) is 7.81. The highest BCUT2D eigenvalue weighted by atomic mass is 35.5. The Morgan fingerprint density at radius 3 is 2.47 bits per heavy atom. The number of benzene rings is 2. The molecule has 0 amide bonds. The molecule has 158 valence electrons. The van der Waals surface area contributed by atoms with Gasteiger partial charge in [-0.1, -0.05) is 41.4 Å². The molecular weight excluding hydrogens is 421 g/mol. The molecule has 2 aromatic rings. The topological polar surface area (TPSA) is 46.6 Å². The van der Waals surface area contributed by atoms with E-state index in [0.29, 0.717) is 33.8 Å².